The van der Waals surface area contributed by atoms with Crippen molar-refractivity contribution in [3.05, 3.63) is 0 Å². The summed E-state index contributed by atoms with van der Waals surface area (Å²) in [5, 5.41) is 8.31. The van der Waals surface area contributed by atoms with Crippen LogP contribution in [0.2, 0.25) is 51.9 Å². The molecule has 0 aromatic heterocycles. The van der Waals surface area contributed by atoms with Crippen molar-refractivity contribution >= 4 is 25.2 Å². The van der Waals surface area contributed by atoms with Gasteiger partial charge in [-0.2, -0.15) is 0 Å². The SMILES string of the molecule is C[Si](C)(C)O[Si](C)(C)O[Si](C)(C)CCCOO. The second-order valence-corrected chi connectivity index (χ2v) is 19.1. The standard InChI is InChI=1S/C10H28O4Si3/c1-15(2,3)13-17(6,7)14-16(4,5)10-8-9-12-11/h11H,8-10H2,1-7H3. The Morgan fingerprint density at radius 2 is 1.41 bits per heavy atom. The fourth-order valence-electron chi connectivity index (χ4n) is 2.04. The van der Waals surface area contributed by atoms with Gasteiger partial charge >= 0.3 is 8.56 Å². The first-order valence-electron chi connectivity index (χ1n) is 6.14. The first kappa shape index (κ1) is 17.5. The van der Waals surface area contributed by atoms with Gasteiger partial charge in [0.1, 0.15) is 0 Å². The van der Waals surface area contributed by atoms with Crippen molar-refractivity contribution in [2.45, 2.75) is 58.3 Å². The molecule has 0 amide bonds. The lowest BCUT2D eigenvalue weighted by Gasteiger charge is -2.37. The Hall–Kier alpha value is 0.491. The maximum atomic E-state index is 8.31. The summed E-state index contributed by atoms with van der Waals surface area (Å²) < 4.78 is 12.5. The molecular weight excluding hydrogens is 268 g/mol. The summed E-state index contributed by atoms with van der Waals surface area (Å²) in [4.78, 5) is 4.10. The summed E-state index contributed by atoms with van der Waals surface area (Å²) in [5.74, 6) is 0. The van der Waals surface area contributed by atoms with Gasteiger partial charge in [-0.05, 0) is 58.3 Å². The number of hydrogen-bond acceptors (Lipinski definition) is 4. The Kier molecular flexibility index (Phi) is 6.79. The molecule has 17 heavy (non-hydrogen) atoms. The zero-order valence-corrected chi connectivity index (χ0v) is 15.3. The van der Waals surface area contributed by atoms with Gasteiger partial charge in [0.25, 0.3) is 0 Å². The van der Waals surface area contributed by atoms with Crippen molar-refractivity contribution in [3.63, 3.8) is 0 Å². The molecule has 4 nitrogen and oxygen atoms in total. The average molecular weight is 297 g/mol. The molecule has 0 aromatic rings. The van der Waals surface area contributed by atoms with Crippen molar-refractivity contribution in [1.82, 2.24) is 0 Å². The molecule has 0 radical (unpaired) electrons. The Labute approximate surface area is 109 Å². The summed E-state index contributed by atoms with van der Waals surface area (Å²) in [6.45, 7) is 15.6. The molecule has 0 aliphatic carbocycles. The Morgan fingerprint density at radius 1 is 0.882 bits per heavy atom. The van der Waals surface area contributed by atoms with Crippen LogP contribution in [0.4, 0.5) is 0 Å². The minimum Gasteiger partial charge on any atom is -0.437 e. The summed E-state index contributed by atoms with van der Waals surface area (Å²) in [6, 6.07) is 0.985. The monoisotopic (exact) mass is 296 g/mol. The third kappa shape index (κ3) is 10.1. The van der Waals surface area contributed by atoms with Crippen molar-refractivity contribution < 1.29 is 18.4 Å². The second kappa shape index (κ2) is 6.60. The van der Waals surface area contributed by atoms with Gasteiger partial charge in [-0.3, -0.25) is 5.26 Å². The van der Waals surface area contributed by atoms with Crippen LogP contribution in [0.3, 0.4) is 0 Å². The molecule has 0 fully saturated rings. The molecule has 0 aliphatic heterocycles. The van der Waals surface area contributed by atoms with Gasteiger partial charge in [0.2, 0.25) is 0 Å². The molecule has 0 saturated heterocycles. The molecule has 0 aromatic carbocycles. The number of hydrogen-bond donors (Lipinski definition) is 1. The maximum Gasteiger partial charge on any atom is 0.311 e. The summed E-state index contributed by atoms with van der Waals surface area (Å²) in [6.07, 6.45) is 0.840. The molecular formula is C10H28O4Si3. The van der Waals surface area contributed by atoms with E-state index >= 15 is 0 Å². The van der Waals surface area contributed by atoms with E-state index in [4.69, 9.17) is 13.5 Å². The van der Waals surface area contributed by atoms with Gasteiger partial charge in [0.05, 0.1) is 6.61 Å². The highest BCUT2D eigenvalue weighted by atomic mass is 28.5. The number of rotatable bonds is 8. The summed E-state index contributed by atoms with van der Waals surface area (Å²) in [5.41, 5.74) is 0. The molecule has 0 bridgehead atoms. The van der Waals surface area contributed by atoms with Crippen molar-refractivity contribution in [2.24, 2.45) is 0 Å². The minimum atomic E-state index is -2.01. The van der Waals surface area contributed by atoms with E-state index in [9.17, 15) is 0 Å². The van der Waals surface area contributed by atoms with E-state index in [1.165, 1.54) is 0 Å². The zero-order valence-electron chi connectivity index (χ0n) is 12.3. The highest BCUT2D eigenvalue weighted by molar-refractivity contribution is 6.87. The molecule has 1 N–H and O–H groups in total. The van der Waals surface area contributed by atoms with Crippen LogP contribution in [-0.2, 0) is 13.1 Å². The van der Waals surface area contributed by atoms with E-state index in [1.807, 2.05) is 0 Å². The van der Waals surface area contributed by atoms with E-state index in [0.29, 0.717) is 6.61 Å². The first-order chi connectivity index (χ1) is 7.47. The van der Waals surface area contributed by atoms with Crippen molar-refractivity contribution in [2.75, 3.05) is 6.61 Å². The van der Waals surface area contributed by atoms with Crippen molar-refractivity contribution in [3.8, 4) is 0 Å². The first-order valence-corrected chi connectivity index (χ1v) is 15.5. The van der Waals surface area contributed by atoms with E-state index in [0.717, 1.165) is 12.5 Å². The van der Waals surface area contributed by atoms with Crippen LogP contribution < -0.4 is 0 Å². The lowest BCUT2D eigenvalue weighted by atomic mass is 10.5. The summed E-state index contributed by atoms with van der Waals surface area (Å²) in [7, 11) is -5.26. The van der Waals surface area contributed by atoms with Gasteiger partial charge in [-0.25, -0.2) is 4.89 Å². The maximum absolute atomic E-state index is 8.31. The molecule has 0 spiro atoms. The average Bonchev–Trinajstić information content (AvgIpc) is 1.96. The topological polar surface area (TPSA) is 47.9 Å². The normalized spacial score (nSPS) is 14.1. The van der Waals surface area contributed by atoms with Crippen LogP contribution in [0.25, 0.3) is 0 Å². The minimum absolute atomic E-state index is 0.386. The third-order valence-corrected chi connectivity index (χ3v) is 12.2. The Morgan fingerprint density at radius 3 is 1.82 bits per heavy atom. The lowest BCUT2D eigenvalue weighted by molar-refractivity contribution is -0.241. The largest absolute Gasteiger partial charge is 0.437 e. The van der Waals surface area contributed by atoms with E-state index in [1.54, 1.807) is 0 Å². The predicted molar refractivity (Wildman–Crippen MR) is 78.5 cm³/mol. The molecule has 0 rings (SSSR count). The molecule has 0 saturated carbocycles. The molecule has 0 aliphatic rings. The molecule has 7 heteroatoms. The van der Waals surface area contributed by atoms with E-state index in [2.05, 4.69) is 50.7 Å². The van der Waals surface area contributed by atoms with Crippen LogP contribution in [0.5, 0.6) is 0 Å². The smallest absolute Gasteiger partial charge is 0.311 e. The highest BCUT2D eigenvalue weighted by Crippen LogP contribution is 2.23. The van der Waals surface area contributed by atoms with Gasteiger partial charge in [-0.15, -0.1) is 0 Å². The van der Waals surface area contributed by atoms with Crippen LogP contribution in [0.1, 0.15) is 6.42 Å². The van der Waals surface area contributed by atoms with Gasteiger partial charge in [0, 0.05) is 0 Å². The predicted octanol–water partition coefficient (Wildman–Crippen LogP) is 3.64. The fourth-order valence-corrected chi connectivity index (χ4v) is 15.2. The third-order valence-electron chi connectivity index (χ3n) is 2.09. The van der Waals surface area contributed by atoms with E-state index < -0.39 is 25.2 Å². The van der Waals surface area contributed by atoms with Crippen LogP contribution in [-0.4, -0.2) is 37.1 Å². The lowest BCUT2D eigenvalue weighted by Crippen LogP contribution is -2.51. The molecule has 104 valence electrons. The fraction of sp³-hybridized carbons (Fsp3) is 1.00. The van der Waals surface area contributed by atoms with Gasteiger partial charge in [0.15, 0.2) is 16.6 Å². The zero-order chi connectivity index (χ0) is 13.7. The van der Waals surface area contributed by atoms with E-state index in [-0.39, 0.29) is 0 Å². The molecule has 0 heterocycles. The summed E-state index contributed by atoms with van der Waals surface area (Å²) >= 11 is 0. The Bertz CT molecular complexity index is 226. The van der Waals surface area contributed by atoms with Crippen LogP contribution in [0, 0.1) is 0 Å². The highest BCUT2D eigenvalue weighted by Gasteiger charge is 2.37. The molecule has 0 atom stereocenters. The van der Waals surface area contributed by atoms with Gasteiger partial charge < -0.3 is 8.23 Å². The molecule has 0 unspecified atom stereocenters. The second-order valence-electron chi connectivity index (χ2n) is 6.41. The van der Waals surface area contributed by atoms with Crippen LogP contribution >= 0.6 is 0 Å². The van der Waals surface area contributed by atoms with Crippen molar-refractivity contribution in [1.29, 1.82) is 0 Å². The quantitative estimate of drug-likeness (QED) is 0.321. The van der Waals surface area contributed by atoms with Gasteiger partial charge in [-0.1, -0.05) is 0 Å². The Balaban J connectivity index is 4.27. The van der Waals surface area contributed by atoms with Crippen LogP contribution in [0.15, 0.2) is 0 Å².